The van der Waals surface area contributed by atoms with Crippen LogP contribution in [0, 0.1) is 6.92 Å². The lowest BCUT2D eigenvalue weighted by atomic mass is 10.2. The van der Waals surface area contributed by atoms with Crippen LogP contribution >= 0.6 is 23.2 Å². The number of hydrogen-bond acceptors (Lipinski definition) is 3. The van der Waals surface area contributed by atoms with E-state index in [-0.39, 0.29) is 23.0 Å². The van der Waals surface area contributed by atoms with E-state index in [1.54, 1.807) is 49.5 Å². The molecule has 0 spiro atoms. The third-order valence-electron chi connectivity index (χ3n) is 3.79. The average molecular weight is 400 g/mol. The molecule has 0 saturated heterocycles. The van der Waals surface area contributed by atoms with Gasteiger partial charge < -0.3 is 4.90 Å². The highest BCUT2D eigenvalue weighted by Gasteiger charge is 2.18. The van der Waals surface area contributed by atoms with Crippen molar-refractivity contribution in [2.45, 2.75) is 24.8 Å². The molecule has 0 bridgehead atoms. The summed E-state index contributed by atoms with van der Waals surface area (Å²) in [7, 11) is -1.85. The van der Waals surface area contributed by atoms with Crippen molar-refractivity contribution >= 4 is 38.9 Å². The van der Waals surface area contributed by atoms with Crippen LogP contribution < -0.4 is 0 Å². The number of rotatable bonds is 6. The summed E-state index contributed by atoms with van der Waals surface area (Å²) in [6, 6.07) is 11.7. The van der Waals surface area contributed by atoms with Gasteiger partial charge in [-0.15, -0.1) is 0 Å². The van der Waals surface area contributed by atoms with Crippen LogP contribution in [0.1, 0.15) is 17.5 Å². The van der Waals surface area contributed by atoms with Crippen LogP contribution in [0.25, 0.3) is 0 Å². The van der Waals surface area contributed by atoms with E-state index in [9.17, 15) is 13.2 Å². The Morgan fingerprint density at radius 3 is 2.28 bits per heavy atom. The first-order chi connectivity index (χ1) is 11.7. The van der Waals surface area contributed by atoms with Crippen molar-refractivity contribution in [3.05, 3.63) is 63.6 Å². The molecule has 0 aliphatic rings. The third kappa shape index (κ3) is 5.46. The fourth-order valence-electron chi connectivity index (χ4n) is 2.28. The van der Waals surface area contributed by atoms with Gasteiger partial charge in [-0.05, 0) is 36.8 Å². The van der Waals surface area contributed by atoms with Crippen molar-refractivity contribution in [1.82, 2.24) is 4.90 Å². The molecule has 2 aromatic carbocycles. The molecule has 134 valence electrons. The van der Waals surface area contributed by atoms with Gasteiger partial charge in [0.2, 0.25) is 5.91 Å². The SMILES string of the molecule is Cc1ccc(S(=O)(=O)CCC(=O)N(C)Cc2ccc(Cl)c(Cl)c2)cc1. The van der Waals surface area contributed by atoms with Crippen molar-refractivity contribution in [2.24, 2.45) is 0 Å². The summed E-state index contributed by atoms with van der Waals surface area (Å²) in [5.41, 5.74) is 1.81. The van der Waals surface area contributed by atoms with Gasteiger partial charge in [-0.3, -0.25) is 4.79 Å². The van der Waals surface area contributed by atoms with Crippen LogP contribution in [-0.4, -0.2) is 32.0 Å². The van der Waals surface area contributed by atoms with Gasteiger partial charge in [0, 0.05) is 20.0 Å². The van der Waals surface area contributed by atoms with Gasteiger partial charge in [0.1, 0.15) is 0 Å². The standard InChI is InChI=1S/C18H19Cl2NO3S/c1-13-3-6-15(7-4-13)25(23,24)10-9-18(22)21(2)12-14-5-8-16(19)17(20)11-14/h3-8,11H,9-10,12H2,1-2H3. The number of carbonyl (C=O) groups is 1. The van der Waals surface area contributed by atoms with Gasteiger partial charge in [0.25, 0.3) is 0 Å². The molecule has 4 nitrogen and oxygen atoms in total. The molecule has 0 aliphatic carbocycles. The second kappa shape index (κ2) is 8.21. The zero-order valence-corrected chi connectivity index (χ0v) is 16.3. The smallest absolute Gasteiger partial charge is 0.223 e. The molecule has 2 rings (SSSR count). The molecule has 25 heavy (non-hydrogen) atoms. The normalized spacial score (nSPS) is 11.4. The van der Waals surface area contributed by atoms with Crippen LogP contribution in [0.2, 0.25) is 10.0 Å². The molecule has 0 fully saturated rings. The first kappa shape index (κ1) is 19.8. The number of nitrogens with zero attached hydrogens (tertiary/aromatic N) is 1. The van der Waals surface area contributed by atoms with Gasteiger partial charge >= 0.3 is 0 Å². The van der Waals surface area contributed by atoms with Gasteiger partial charge in [0.05, 0.1) is 20.7 Å². The molecule has 7 heteroatoms. The molecule has 0 aromatic heterocycles. The highest BCUT2D eigenvalue weighted by molar-refractivity contribution is 7.91. The van der Waals surface area contributed by atoms with E-state index < -0.39 is 9.84 Å². The highest BCUT2D eigenvalue weighted by atomic mass is 35.5. The summed E-state index contributed by atoms with van der Waals surface area (Å²) >= 11 is 11.8. The van der Waals surface area contributed by atoms with E-state index >= 15 is 0 Å². The molecule has 0 unspecified atom stereocenters. The lowest BCUT2D eigenvalue weighted by Gasteiger charge is -2.17. The number of halogens is 2. The summed E-state index contributed by atoms with van der Waals surface area (Å²) in [5, 5.41) is 0.866. The highest BCUT2D eigenvalue weighted by Crippen LogP contribution is 2.23. The molecular formula is C18H19Cl2NO3S. The fraction of sp³-hybridized carbons (Fsp3) is 0.278. The van der Waals surface area contributed by atoms with Crippen molar-refractivity contribution in [1.29, 1.82) is 0 Å². The summed E-state index contributed by atoms with van der Waals surface area (Å²) in [5.74, 6) is -0.470. The number of hydrogen-bond donors (Lipinski definition) is 0. The fourth-order valence-corrected chi connectivity index (χ4v) is 3.83. The molecule has 0 heterocycles. The first-order valence-electron chi connectivity index (χ1n) is 7.66. The van der Waals surface area contributed by atoms with E-state index in [0.29, 0.717) is 16.6 Å². The van der Waals surface area contributed by atoms with Crippen LogP contribution in [0.15, 0.2) is 47.4 Å². The van der Waals surface area contributed by atoms with Crippen LogP contribution in [0.5, 0.6) is 0 Å². The Morgan fingerprint density at radius 1 is 1.04 bits per heavy atom. The van der Waals surface area contributed by atoms with Crippen molar-refractivity contribution in [2.75, 3.05) is 12.8 Å². The summed E-state index contributed by atoms with van der Waals surface area (Å²) in [6.45, 7) is 2.22. The van der Waals surface area contributed by atoms with Crippen molar-refractivity contribution in [3.8, 4) is 0 Å². The monoisotopic (exact) mass is 399 g/mol. The van der Waals surface area contributed by atoms with E-state index in [1.807, 2.05) is 6.92 Å². The summed E-state index contributed by atoms with van der Waals surface area (Å²) in [4.78, 5) is 13.9. The van der Waals surface area contributed by atoms with E-state index in [2.05, 4.69) is 0 Å². The number of amides is 1. The summed E-state index contributed by atoms with van der Waals surface area (Å²) < 4.78 is 24.6. The zero-order valence-electron chi connectivity index (χ0n) is 14.0. The van der Waals surface area contributed by atoms with Crippen LogP contribution in [0.3, 0.4) is 0 Å². The lowest BCUT2D eigenvalue weighted by molar-refractivity contribution is -0.130. The minimum atomic E-state index is -3.48. The van der Waals surface area contributed by atoms with Crippen molar-refractivity contribution < 1.29 is 13.2 Å². The Labute approximate surface area is 158 Å². The van der Waals surface area contributed by atoms with Crippen LogP contribution in [0.4, 0.5) is 0 Å². The second-order valence-electron chi connectivity index (χ2n) is 5.88. The maximum atomic E-state index is 12.3. The molecular weight excluding hydrogens is 381 g/mol. The van der Waals surface area contributed by atoms with Crippen LogP contribution in [-0.2, 0) is 21.2 Å². The average Bonchev–Trinajstić information content (AvgIpc) is 2.56. The third-order valence-corrected chi connectivity index (χ3v) is 6.27. The Kier molecular flexibility index (Phi) is 6.49. The maximum absolute atomic E-state index is 12.3. The molecule has 0 N–H and O–H groups in total. The Bertz CT molecular complexity index is 864. The molecule has 1 amide bonds. The van der Waals surface area contributed by atoms with Gasteiger partial charge in [-0.1, -0.05) is 47.0 Å². The molecule has 0 radical (unpaired) electrons. The zero-order chi connectivity index (χ0) is 18.6. The molecule has 0 atom stereocenters. The Morgan fingerprint density at radius 2 is 1.68 bits per heavy atom. The Balaban J connectivity index is 1.96. The minimum Gasteiger partial charge on any atom is -0.341 e. The lowest BCUT2D eigenvalue weighted by Crippen LogP contribution is -2.28. The second-order valence-corrected chi connectivity index (χ2v) is 8.80. The number of benzene rings is 2. The molecule has 0 saturated carbocycles. The number of sulfone groups is 1. The minimum absolute atomic E-state index is 0.0754. The molecule has 0 aliphatic heterocycles. The summed E-state index contributed by atoms with van der Waals surface area (Å²) in [6.07, 6.45) is -0.0754. The predicted octanol–water partition coefficient (Wildman–Crippen LogP) is 4.12. The van der Waals surface area contributed by atoms with E-state index in [4.69, 9.17) is 23.2 Å². The van der Waals surface area contributed by atoms with E-state index in [0.717, 1.165) is 11.1 Å². The number of carbonyl (C=O) groups excluding carboxylic acids is 1. The predicted molar refractivity (Wildman–Crippen MR) is 101 cm³/mol. The maximum Gasteiger partial charge on any atom is 0.223 e. The van der Waals surface area contributed by atoms with E-state index in [1.165, 1.54) is 4.90 Å². The van der Waals surface area contributed by atoms with Gasteiger partial charge in [0.15, 0.2) is 9.84 Å². The largest absolute Gasteiger partial charge is 0.341 e. The number of aryl methyl sites for hydroxylation is 1. The quantitative estimate of drug-likeness (QED) is 0.733. The molecule has 2 aromatic rings. The topological polar surface area (TPSA) is 54.5 Å². The first-order valence-corrected chi connectivity index (χ1v) is 10.1. The van der Waals surface area contributed by atoms with Gasteiger partial charge in [-0.25, -0.2) is 8.42 Å². The van der Waals surface area contributed by atoms with Gasteiger partial charge in [-0.2, -0.15) is 0 Å². The van der Waals surface area contributed by atoms with Crippen molar-refractivity contribution in [3.63, 3.8) is 0 Å². The Hall–Kier alpha value is -1.56.